The van der Waals surface area contributed by atoms with Gasteiger partial charge in [-0.1, -0.05) is 30.3 Å². The summed E-state index contributed by atoms with van der Waals surface area (Å²) >= 11 is 0. The Kier molecular flexibility index (Phi) is 5.48. The van der Waals surface area contributed by atoms with Crippen molar-refractivity contribution in [3.05, 3.63) is 35.9 Å². The Morgan fingerprint density at radius 1 is 1.23 bits per heavy atom. The summed E-state index contributed by atoms with van der Waals surface area (Å²) < 4.78 is 0. The highest BCUT2D eigenvalue weighted by Gasteiger charge is 2.33. The highest BCUT2D eigenvalue weighted by Crippen LogP contribution is 2.20. The molecule has 118 valence electrons. The van der Waals surface area contributed by atoms with Gasteiger partial charge in [-0.2, -0.15) is 0 Å². The molecule has 4 amide bonds. The highest BCUT2D eigenvalue weighted by molar-refractivity contribution is 5.93. The van der Waals surface area contributed by atoms with Gasteiger partial charge in [0.2, 0.25) is 11.8 Å². The Morgan fingerprint density at radius 2 is 1.95 bits per heavy atom. The van der Waals surface area contributed by atoms with Crippen molar-refractivity contribution < 1.29 is 14.4 Å². The number of nitrogens with zero attached hydrogens (tertiary/aromatic N) is 1. The molecule has 1 saturated heterocycles. The standard InChI is InChI=1S/C15H20N4O3/c16-15(22)18-13(20)6-8-17-14(21)12-7-9-19(12)10-11-4-2-1-3-5-11/h1-5,12H,6-10H2,(H,17,21)(H3,16,18,20,22)/t12-/m0/s1. The predicted octanol–water partition coefficient (Wildman–Crippen LogP) is -0.0379. The van der Waals surface area contributed by atoms with Crippen LogP contribution in [0.5, 0.6) is 0 Å². The summed E-state index contributed by atoms with van der Waals surface area (Å²) in [5.41, 5.74) is 6.00. The largest absolute Gasteiger partial charge is 0.354 e. The molecular formula is C15H20N4O3. The molecule has 0 unspecified atom stereocenters. The third kappa shape index (κ3) is 4.56. The maximum Gasteiger partial charge on any atom is 0.318 e. The van der Waals surface area contributed by atoms with Crippen LogP contribution in [0.2, 0.25) is 0 Å². The SMILES string of the molecule is NC(=O)NC(=O)CCNC(=O)[C@@H]1CCN1Cc1ccccc1. The molecule has 0 saturated carbocycles. The van der Waals surface area contributed by atoms with Crippen LogP contribution in [0.15, 0.2) is 30.3 Å². The number of amides is 4. The third-order valence-electron chi connectivity index (χ3n) is 3.58. The normalized spacial score (nSPS) is 17.4. The van der Waals surface area contributed by atoms with Gasteiger partial charge < -0.3 is 11.1 Å². The number of nitrogens with one attached hydrogen (secondary N) is 2. The molecule has 4 N–H and O–H groups in total. The number of rotatable bonds is 6. The van der Waals surface area contributed by atoms with Gasteiger partial charge in [0.05, 0.1) is 6.04 Å². The first-order chi connectivity index (χ1) is 10.6. The maximum absolute atomic E-state index is 12.1. The Labute approximate surface area is 128 Å². The van der Waals surface area contributed by atoms with Gasteiger partial charge in [0.1, 0.15) is 0 Å². The summed E-state index contributed by atoms with van der Waals surface area (Å²) in [5.74, 6) is -0.586. The molecule has 1 aliphatic heterocycles. The van der Waals surface area contributed by atoms with Gasteiger partial charge in [-0.3, -0.25) is 19.8 Å². The number of likely N-dealkylation sites (tertiary alicyclic amines) is 1. The minimum atomic E-state index is -0.885. The molecule has 7 heteroatoms. The number of hydrogen-bond donors (Lipinski definition) is 3. The van der Waals surface area contributed by atoms with Crippen LogP contribution in [0.4, 0.5) is 4.79 Å². The first-order valence-corrected chi connectivity index (χ1v) is 7.21. The van der Waals surface area contributed by atoms with E-state index >= 15 is 0 Å². The van der Waals surface area contributed by atoms with Crippen molar-refractivity contribution in [3.63, 3.8) is 0 Å². The van der Waals surface area contributed by atoms with Gasteiger partial charge in [-0.25, -0.2) is 4.79 Å². The van der Waals surface area contributed by atoms with Crippen LogP contribution in [-0.2, 0) is 16.1 Å². The Balaban J connectivity index is 1.71. The molecule has 0 spiro atoms. The van der Waals surface area contributed by atoms with E-state index in [0.717, 1.165) is 19.5 Å². The lowest BCUT2D eigenvalue weighted by Gasteiger charge is -2.39. The fourth-order valence-corrected chi connectivity index (χ4v) is 2.36. The van der Waals surface area contributed by atoms with Crippen molar-refractivity contribution in [1.82, 2.24) is 15.5 Å². The van der Waals surface area contributed by atoms with E-state index in [2.05, 4.69) is 10.2 Å². The molecule has 1 aliphatic rings. The molecule has 0 radical (unpaired) electrons. The molecule has 7 nitrogen and oxygen atoms in total. The fraction of sp³-hybridized carbons (Fsp3) is 0.400. The number of carbonyl (C=O) groups excluding carboxylic acids is 3. The summed E-state index contributed by atoms with van der Waals surface area (Å²) in [6, 6.07) is 8.93. The van der Waals surface area contributed by atoms with Crippen molar-refractivity contribution in [3.8, 4) is 0 Å². The van der Waals surface area contributed by atoms with E-state index in [1.165, 1.54) is 5.56 Å². The number of carbonyl (C=O) groups is 3. The van der Waals surface area contributed by atoms with Crippen LogP contribution in [-0.4, -0.2) is 41.9 Å². The number of benzene rings is 1. The van der Waals surface area contributed by atoms with E-state index < -0.39 is 11.9 Å². The first-order valence-electron chi connectivity index (χ1n) is 7.21. The molecule has 1 atom stereocenters. The van der Waals surface area contributed by atoms with Gasteiger partial charge in [0.15, 0.2) is 0 Å². The van der Waals surface area contributed by atoms with Gasteiger partial charge in [0.25, 0.3) is 0 Å². The fourth-order valence-electron chi connectivity index (χ4n) is 2.36. The van der Waals surface area contributed by atoms with E-state index in [4.69, 9.17) is 5.73 Å². The minimum Gasteiger partial charge on any atom is -0.354 e. The van der Waals surface area contributed by atoms with Crippen LogP contribution in [0.1, 0.15) is 18.4 Å². The zero-order valence-corrected chi connectivity index (χ0v) is 12.2. The summed E-state index contributed by atoms with van der Waals surface area (Å²) in [6.07, 6.45) is 0.840. The average Bonchev–Trinajstić information content (AvgIpc) is 2.44. The Morgan fingerprint density at radius 3 is 2.55 bits per heavy atom. The number of primary amides is 1. The van der Waals surface area contributed by atoms with Gasteiger partial charge in [-0.15, -0.1) is 0 Å². The van der Waals surface area contributed by atoms with Crippen molar-refractivity contribution in [2.45, 2.75) is 25.4 Å². The van der Waals surface area contributed by atoms with Gasteiger partial charge in [0, 0.05) is 26.1 Å². The lowest BCUT2D eigenvalue weighted by atomic mass is 10.0. The smallest absolute Gasteiger partial charge is 0.318 e. The molecule has 2 rings (SSSR count). The highest BCUT2D eigenvalue weighted by atomic mass is 16.2. The van der Waals surface area contributed by atoms with Crippen LogP contribution in [0.3, 0.4) is 0 Å². The summed E-state index contributed by atoms with van der Waals surface area (Å²) in [6.45, 7) is 1.81. The third-order valence-corrected chi connectivity index (χ3v) is 3.58. The topological polar surface area (TPSA) is 105 Å². The second kappa shape index (κ2) is 7.56. The Bertz CT molecular complexity index is 547. The number of imide groups is 1. The van der Waals surface area contributed by atoms with E-state index in [9.17, 15) is 14.4 Å². The molecule has 1 aromatic rings. The quantitative estimate of drug-likeness (QED) is 0.686. The number of nitrogens with two attached hydrogens (primary N) is 1. The summed E-state index contributed by atoms with van der Waals surface area (Å²) in [5, 5.41) is 4.66. The Hall–Kier alpha value is -2.41. The second-order valence-electron chi connectivity index (χ2n) is 5.21. The molecule has 0 aromatic heterocycles. The van der Waals surface area contributed by atoms with Crippen molar-refractivity contribution >= 4 is 17.8 Å². The zero-order valence-electron chi connectivity index (χ0n) is 12.2. The molecule has 22 heavy (non-hydrogen) atoms. The van der Waals surface area contributed by atoms with E-state index in [1.807, 2.05) is 35.6 Å². The first kappa shape index (κ1) is 16.0. The monoisotopic (exact) mass is 304 g/mol. The van der Waals surface area contributed by atoms with Crippen molar-refractivity contribution in [2.24, 2.45) is 5.73 Å². The maximum atomic E-state index is 12.1. The van der Waals surface area contributed by atoms with Crippen LogP contribution >= 0.6 is 0 Å². The zero-order chi connectivity index (χ0) is 15.9. The molecule has 1 heterocycles. The van der Waals surface area contributed by atoms with Crippen LogP contribution < -0.4 is 16.4 Å². The van der Waals surface area contributed by atoms with Crippen LogP contribution in [0.25, 0.3) is 0 Å². The second-order valence-corrected chi connectivity index (χ2v) is 5.21. The van der Waals surface area contributed by atoms with E-state index in [1.54, 1.807) is 0 Å². The summed E-state index contributed by atoms with van der Waals surface area (Å²) in [4.78, 5) is 35.8. The summed E-state index contributed by atoms with van der Waals surface area (Å²) in [7, 11) is 0. The average molecular weight is 304 g/mol. The van der Waals surface area contributed by atoms with Gasteiger partial charge in [-0.05, 0) is 12.0 Å². The predicted molar refractivity (Wildman–Crippen MR) is 80.6 cm³/mol. The number of hydrogen-bond acceptors (Lipinski definition) is 4. The lowest BCUT2D eigenvalue weighted by Crippen LogP contribution is -2.55. The molecule has 1 aromatic carbocycles. The van der Waals surface area contributed by atoms with Crippen LogP contribution in [0, 0.1) is 0 Å². The number of urea groups is 1. The van der Waals surface area contributed by atoms with Gasteiger partial charge >= 0.3 is 6.03 Å². The van der Waals surface area contributed by atoms with E-state index in [-0.39, 0.29) is 24.9 Å². The molecule has 0 aliphatic carbocycles. The minimum absolute atomic E-state index is 0.0279. The molecule has 1 fully saturated rings. The van der Waals surface area contributed by atoms with Crippen molar-refractivity contribution in [1.29, 1.82) is 0 Å². The lowest BCUT2D eigenvalue weighted by molar-refractivity contribution is -0.131. The molecular weight excluding hydrogens is 284 g/mol. The van der Waals surface area contributed by atoms with Crippen molar-refractivity contribution in [2.75, 3.05) is 13.1 Å². The molecule has 0 bridgehead atoms. The van der Waals surface area contributed by atoms with E-state index in [0.29, 0.717) is 0 Å².